The number of rotatable bonds is 7. The summed E-state index contributed by atoms with van der Waals surface area (Å²) in [5, 5.41) is 5.61. The summed E-state index contributed by atoms with van der Waals surface area (Å²) in [7, 11) is -3.60. The van der Waals surface area contributed by atoms with Gasteiger partial charge in [0.05, 0.1) is 18.1 Å². The fourth-order valence-electron chi connectivity index (χ4n) is 3.28. The number of anilines is 1. The molecule has 0 spiro atoms. The summed E-state index contributed by atoms with van der Waals surface area (Å²) in [5.74, 6) is 0.218. The smallest absolute Gasteiger partial charge is 0.319 e. The fraction of sp³-hybridized carbons (Fsp3) is 0.381. The number of ether oxygens (including phenoxy) is 1. The Morgan fingerprint density at radius 1 is 1.10 bits per heavy atom. The minimum atomic E-state index is -3.60. The molecule has 2 aromatic carbocycles. The standard InChI is InChI=1S/C21H27N3O4S/c1-2-17(18-7-4-3-5-8-18)16-22-21(25)23-19-9-6-10-20(15-19)29(26,27)24-11-13-28-14-12-24/h3-10,15,17H,2,11-14,16H2,1H3,(H2,22,23,25)/t17-/m1/s1. The molecular formula is C21H27N3O4S. The average Bonchev–Trinajstić information content (AvgIpc) is 2.76. The van der Waals surface area contributed by atoms with Crippen molar-refractivity contribution in [2.75, 3.05) is 38.2 Å². The van der Waals surface area contributed by atoms with Gasteiger partial charge in [0.25, 0.3) is 0 Å². The van der Waals surface area contributed by atoms with Gasteiger partial charge in [0.2, 0.25) is 10.0 Å². The van der Waals surface area contributed by atoms with Crippen LogP contribution in [0.2, 0.25) is 0 Å². The Bertz CT molecular complexity index is 913. The van der Waals surface area contributed by atoms with Crippen LogP contribution in [0, 0.1) is 0 Å². The summed E-state index contributed by atoms with van der Waals surface area (Å²) in [6.07, 6.45) is 0.900. The summed E-state index contributed by atoms with van der Waals surface area (Å²) in [6.45, 7) is 4.02. The second kappa shape index (κ2) is 9.87. The molecule has 2 aromatic rings. The molecule has 1 aliphatic rings. The van der Waals surface area contributed by atoms with E-state index in [0.29, 0.717) is 38.5 Å². The molecule has 3 rings (SSSR count). The molecular weight excluding hydrogens is 390 g/mol. The number of urea groups is 1. The van der Waals surface area contributed by atoms with Crippen LogP contribution in [0.4, 0.5) is 10.5 Å². The van der Waals surface area contributed by atoms with E-state index in [1.54, 1.807) is 12.1 Å². The number of nitrogens with zero attached hydrogens (tertiary/aromatic N) is 1. The van der Waals surface area contributed by atoms with Crippen LogP contribution in [-0.2, 0) is 14.8 Å². The number of morpholine rings is 1. The first kappa shape index (κ1) is 21.3. The van der Waals surface area contributed by atoms with Gasteiger partial charge in [0.15, 0.2) is 0 Å². The lowest BCUT2D eigenvalue weighted by Crippen LogP contribution is -2.40. The van der Waals surface area contributed by atoms with Gasteiger partial charge >= 0.3 is 6.03 Å². The van der Waals surface area contributed by atoms with Crippen molar-refractivity contribution in [3.05, 3.63) is 60.2 Å². The highest BCUT2D eigenvalue weighted by atomic mass is 32.2. The summed E-state index contributed by atoms with van der Waals surface area (Å²) < 4.78 is 32.2. The maximum atomic E-state index is 12.8. The molecule has 8 heteroatoms. The Kier molecular flexibility index (Phi) is 7.24. The molecule has 2 N–H and O–H groups in total. The minimum absolute atomic E-state index is 0.160. The molecule has 1 aliphatic heterocycles. The molecule has 1 atom stereocenters. The van der Waals surface area contributed by atoms with E-state index < -0.39 is 10.0 Å². The van der Waals surface area contributed by atoms with Gasteiger partial charge in [-0.1, -0.05) is 43.3 Å². The SMILES string of the molecule is CC[C@H](CNC(=O)Nc1cccc(S(=O)(=O)N2CCOCC2)c1)c1ccccc1. The first-order valence-electron chi connectivity index (χ1n) is 9.78. The van der Waals surface area contributed by atoms with Crippen LogP contribution in [0.1, 0.15) is 24.8 Å². The van der Waals surface area contributed by atoms with E-state index in [1.807, 2.05) is 30.3 Å². The van der Waals surface area contributed by atoms with Crippen molar-refractivity contribution in [2.45, 2.75) is 24.2 Å². The predicted molar refractivity (Wildman–Crippen MR) is 113 cm³/mol. The zero-order valence-electron chi connectivity index (χ0n) is 16.5. The number of hydrogen-bond donors (Lipinski definition) is 2. The van der Waals surface area contributed by atoms with Crippen LogP contribution in [0.3, 0.4) is 0 Å². The van der Waals surface area contributed by atoms with Crippen LogP contribution in [0.5, 0.6) is 0 Å². The number of carbonyl (C=O) groups excluding carboxylic acids is 1. The van der Waals surface area contributed by atoms with Crippen molar-refractivity contribution in [2.24, 2.45) is 0 Å². The molecule has 0 aromatic heterocycles. The third-order valence-corrected chi connectivity index (χ3v) is 6.87. The highest BCUT2D eigenvalue weighted by molar-refractivity contribution is 7.89. The predicted octanol–water partition coefficient (Wildman–Crippen LogP) is 3.02. The van der Waals surface area contributed by atoms with Crippen molar-refractivity contribution in [1.29, 1.82) is 0 Å². The lowest BCUT2D eigenvalue weighted by molar-refractivity contribution is 0.0730. The molecule has 0 saturated carbocycles. The monoisotopic (exact) mass is 417 g/mol. The van der Waals surface area contributed by atoms with E-state index in [2.05, 4.69) is 17.6 Å². The Morgan fingerprint density at radius 2 is 1.83 bits per heavy atom. The molecule has 0 radical (unpaired) electrons. The molecule has 2 amide bonds. The van der Waals surface area contributed by atoms with Crippen molar-refractivity contribution in [1.82, 2.24) is 9.62 Å². The zero-order chi connectivity index (χ0) is 20.7. The molecule has 1 saturated heterocycles. The molecule has 7 nitrogen and oxygen atoms in total. The van der Waals surface area contributed by atoms with E-state index >= 15 is 0 Å². The lowest BCUT2D eigenvalue weighted by Gasteiger charge is -2.26. The number of nitrogens with one attached hydrogen (secondary N) is 2. The van der Waals surface area contributed by atoms with Crippen LogP contribution in [0.25, 0.3) is 0 Å². The quantitative estimate of drug-likeness (QED) is 0.725. The Hall–Kier alpha value is -2.42. The van der Waals surface area contributed by atoms with E-state index in [0.717, 1.165) is 6.42 Å². The van der Waals surface area contributed by atoms with Gasteiger partial charge in [-0.2, -0.15) is 4.31 Å². The number of amides is 2. The van der Waals surface area contributed by atoms with Gasteiger partial charge in [-0.25, -0.2) is 13.2 Å². The van der Waals surface area contributed by atoms with E-state index in [1.165, 1.54) is 22.0 Å². The number of benzene rings is 2. The first-order chi connectivity index (χ1) is 14.0. The van der Waals surface area contributed by atoms with Gasteiger partial charge in [0, 0.05) is 31.2 Å². The second-order valence-electron chi connectivity index (χ2n) is 6.90. The van der Waals surface area contributed by atoms with Crippen molar-refractivity contribution in [3.63, 3.8) is 0 Å². The maximum Gasteiger partial charge on any atom is 0.319 e. The third-order valence-electron chi connectivity index (χ3n) is 4.97. The van der Waals surface area contributed by atoms with Gasteiger partial charge in [-0.05, 0) is 30.2 Å². The normalized spacial score (nSPS) is 16.2. The third kappa shape index (κ3) is 5.56. The van der Waals surface area contributed by atoms with Crippen LogP contribution >= 0.6 is 0 Å². The molecule has 29 heavy (non-hydrogen) atoms. The maximum absolute atomic E-state index is 12.8. The number of hydrogen-bond acceptors (Lipinski definition) is 4. The zero-order valence-corrected chi connectivity index (χ0v) is 17.3. The topological polar surface area (TPSA) is 87.7 Å². The highest BCUT2D eigenvalue weighted by Gasteiger charge is 2.26. The average molecular weight is 418 g/mol. The minimum Gasteiger partial charge on any atom is -0.379 e. The largest absolute Gasteiger partial charge is 0.379 e. The Morgan fingerprint density at radius 3 is 2.52 bits per heavy atom. The summed E-state index contributed by atoms with van der Waals surface area (Å²) in [5.41, 5.74) is 1.61. The van der Waals surface area contributed by atoms with Crippen LogP contribution < -0.4 is 10.6 Å². The molecule has 0 unspecified atom stereocenters. The van der Waals surface area contributed by atoms with E-state index in [9.17, 15) is 13.2 Å². The summed E-state index contributed by atoms with van der Waals surface area (Å²) >= 11 is 0. The van der Waals surface area contributed by atoms with Crippen LogP contribution in [-0.4, -0.2) is 51.6 Å². The van der Waals surface area contributed by atoms with Gasteiger partial charge in [0.1, 0.15) is 0 Å². The van der Waals surface area contributed by atoms with Crippen molar-refractivity contribution < 1.29 is 17.9 Å². The van der Waals surface area contributed by atoms with Gasteiger partial charge < -0.3 is 15.4 Å². The Balaban J connectivity index is 1.61. The number of carbonyl (C=O) groups is 1. The molecule has 1 heterocycles. The van der Waals surface area contributed by atoms with Crippen LogP contribution in [0.15, 0.2) is 59.5 Å². The highest BCUT2D eigenvalue weighted by Crippen LogP contribution is 2.21. The van der Waals surface area contributed by atoms with Crippen molar-refractivity contribution in [3.8, 4) is 0 Å². The lowest BCUT2D eigenvalue weighted by atomic mass is 9.97. The number of sulfonamides is 1. The molecule has 156 valence electrons. The van der Waals surface area contributed by atoms with E-state index in [-0.39, 0.29) is 16.8 Å². The van der Waals surface area contributed by atoms with E-state index in [4.69, 9.17) is 4.74 Å². The summed E-state index contributed by atoms with van der Waals surface area (Å²) in [4.78, 5) is 12.5. The molecule has 0 aliphatic carbocycles. The van der Waals surface area contributed by atoms with Gasteiger partial charge in [-0.3, -0.25) is 0 Å². The Labute approximate surface area is 172 Å². The fourth-order valence-corrected chi connectivity index (χ4v) is 4.74. The summed E-state index contributed by atoms with van der Waals surface area (Å²) in [6, 6.07) is 16.0. The first-order valence-corrected chi connectivity index (χ1v) is 11.2. The second-order valence-corrected chi connectivity index (χ2v) is 8.83. The molecule has 1 fully saturated rings. The van der Waals surface area contributed by atoms with Crippen molar-refractivity contribution >= 4 is 21.7 Å². The molecule has 0 bridgehead atoms. The van der Waals surface area contributed by atoms with Gasteiger partial charge in [-0.15, -0.1) is 0 Å².